The normalized spacial score (nSPS) is 14.6. The fourth-order valence-corrected chi connectivity index (χ4v) is 2.27. The van der Waals surface area contributed by atoms with E-state index < -0.39 is 16.8 Å². The molecule has 0 N–H and O–H groups in total. The first kappa shape index (κ1) is 15.7. The van der Waals surface area contributed by atoms with Crippen molar-refractivity contribution >= 4 is 23.3 Å². The van der Waals surface area contributed by atoms with Gasteiger partial charge >= 0.3 is 11.9 Å². The smallest absolute Gasteiger partial charge is 0.397 e. The lowest BCUT2D eigenvalue weighted by Crippen LogP contribution is -2.51. The van der Waals surface area contributed by atoms with E-state index in [4.69, 9.17) is 4.74 Å². The number of amides is 1. The van der Waals surface area contributed by atoms with Gasteiger partial charge in [0.05, 0.1) is 11.5 Å². The van der Waals surface area contributed by atoms with E-state index in [9.17, 15) is 19.7 Å². The van der Waals surface area contributed by atoms with Crippen LogP contribution in [0, 0.1) is 10.1 Å². The predicted molar refractivity (Wildman–Crippen MR) is 78.5 cm³/mol. The molecule has 0 saturated carbocycles. The fourth-order valence-electron chi connectivity index (χ4n) is 2.27. The van der Waals surface area contributed by atoms with Gasteiger partial charge in [-0.3, -0.25) is 14.9 Å². The van der Waals surface area contributed by atoms with Crippen LogP contribution in [0.15, 0.2) is 24.3 Å². The standard InChI is InChI=1S/C14H17N3O5/c1-2-22-14(19)13(18)16-9-7-15(8-10-16)11-3-5-12(6-4-11)17(20)21/h3-6H,2,7-10H2,1H3. The number of benzene rings is 1. The fraction of sp³-hybridized carbons (Fsp3) is 0.429. The van der Waals surface area contributed by atoms with Crippen molar-refractivity contribution in [2.24, 2.45) is 0 Å². The molecule has 0 aromatic heterocycles. The van der Waals surface area contributed by atoms with Crippen LogP contribution < -0.4 is 4.90 Å². The highest BCUT2D eigenvalue weighted by Crippen LogP contribution is 2.20. The molecule has 1 fully saturated rings. The molecule has 0 radical (unpaired) electrons. The lowest BCUT2D eigenvalue weighted by atomic mass is 10.2. The van der Waals surface area contributed by atoms with Gasteiger partial charge in [0.2, 0.25) is 0 Å². The first-order valence-electron chi connectivity index (χ1n) is 6.98. The van der Waals surface area contributed by atoms with Crippen molar-refractivity contribution in [2.45, 2.75) is 6.92 Å². The summed E-state index contributed by atoms with van der Waals surface area (Å²) in [5.41, 5.74) is 0.897. The number of anilines is 1. The maximum atomic E-state index is 11.8. The second kappa shape index (κ2) is 6.88. The van der Waals surface area contributed by atoms with E-state index in [1.165, 1.54) is 17.0 Å². The van der Waals surface area contributed by atoms with Gasteiger partial charge < -0.3 is 14.5 Å². The summed E-state index contributed by atoms with van der Waals surface area (Å²) >= 11 is 0. The van der Waals surface area contributed by atoms with Crippen LogP contribution in [-0.4, -0.2) is 54.5 Å². The van der Waals surface area contributed by atoms with E-state index in [-0.39, 0.29) is 12.3 Å². The third-order valence-corrected chi connectivity index (χ3v) is 3.44. The molecule has 0 bridgehead atoms. The predicted octanol–water partition coefficient (Wildman–Crippen LogP) is 0.806. The SMILES string of the molecule is CCOC(=O)C(=O)N1CCN(c2ccc([N+](=O)[O-])cc2)CC1. The van der Waals surface area contributed by atoms with Crippen LogP contribution in [0.25, 0.3) is 0 Å². The Bertz CT molecular complexity index is 564. The highest BCUT2D eigenvalue weighted by molar-refractivity contribution is 6.32. The van der Waals surface area contributed by atoms with Crippen LogP contribution in [0.3, 0.4) is 0 Å². The molecule has 22 heavy (non-hydrogen) atoms. The van der Waals surface area contributed by atoms with Gasteiger partial charge in [0.25, 0.3) is 5.69 Å². The Morgan fingerprint density at radius 3 is 2.27 bits per heavy atom. The van der Waals surface area contributed by atoms with Crippen molar-refractivity contribution in [1.82, 2.24) is 4.90 Å². The minimum Gasteiger partial charge on any atom is -0.459 e. The van der Waals surface area contributed by atoms with Crippen LogP contribution in [0.1, 0.15) is 6.92 Å². The van der Waals surface area contributed by atoms with E-state index in [0.29, 0.717) is 26.2 Å². The zero-order valence-corrected chi connectivity index (χ0v) is 12.2. The third-order valence-electron chi connectivity index (χ3n) is 3.44. The van der Waals surface area contributed by atoms with Crippen molar-refractivity contribution in [3.63, 3.8) is 0 Å². The number of esters is 1. The van der Waals surface area contributed by atoms with Gasteiger partial charge in [-0.1, -0.05) is 0 Å². The van der Waals surface area contributed by atoms with E-state index in [2.05, 4.69) is 0 Å². The second-order valence-corrected chi connectivity index (χ2v) is 4.77. The number of rotatable bonds is 3. The van der Waals surface area contributed by atoms with Crippen molar-refractivity contribution < 1.29 is 19.2 Å². The Morgan fingerprint density at radius 1 is 1.18 bits per heavy atom. The van der Waals surface area contributed by atoms with Gasteiger partial charge in [0, 0.05) is 44.0 Å². The maximum Gasteiger partial charge on any atom is 0.397 e. The molecular weight excluding hydrogens is 290 g/mol. The quantitative estimate of drug-likeness (QED) is 0.355. The summed E-state index contributed by atoms with van der Waals surface area (Å²) in [6, 6.07) is 6.26. The molecule has 1 aromatic rings. The Hall–Kier alpha value is -2.64. The number of piperazine rings is 1. The number of non-ortho nitro benzene ring substituents is 1. The van der Waals surface area contributed by atoms with Gasteiger partial charge in [0.15, 0.2) is 0 Å². The molecule has 1 aliphatic rings. The average Bonchev–Trinajstić information content (AvgIpc) is 2.54. The summed E-state index contributed by atoms with van der Waals surface area (Å²) in [7, 11) is 0. The number of nitro benzene ring substituents is 1. The molecule has 8 heteroatoms. The molecule has 1 saturated heterocycles. The molecular formula is C14H17N3O5. The summed E-state index contributed by atoms with van der Waals surface area (Å²) in [6.45, 7) is 3.76. The zero-order valence-electron chi connectivity index (χ0n) is 12.2. The van der Waals surface area contributed by atoms with E-state index >= 15 is 0 Å². The molecule has 0 unspecified atom stereocenters. The summed E-state index contributed by atoms with van der Waals surface area (Å²) in [6.07, 6.45) is 0. The van der Waals surface area contributed by atoms with Gasteiger partial charge in [-0.25, -0.2) is 4.79 Å². The molecule has 1 amide bonds. The molecule has 118 valence electrons. The maximum absolute atomic E-state index is 11.8. The molecule has 0 atom stereocenters. The minimum atomic E-state index is -0.828. The average molecular weight is 307 g/mol. The molecule has 1 heterocycles. The number of carbonyl (C=O) groups excluding carboxylic acids is 2. The van der Waals surface area contributed by atoms with Crippen molar-refractivity contribution in [3.8, 4) is 0 Å². The van der Waals surface area contributed by atoms with Gasteiger partial charge in [-0.15, -0.1) is 0 Å². The Balaban J connectivity index is 1.93. The topological polar surface area (TPSA) is 93.0 Å². The van der Waals surface area contributed by atoms with Crippen molar-refractivity contribution in [3.05, 3.63) is 34.4 Å². The Morgan fingerprint density at radius 2 is 1.77 bits per heavy atom. The summed E-state index contributed by atoms with van der Waals surface area (Å²) in [5.74, 6) is -1.45. The largest absolute Gasteiger partial charge is 0.459 e. The number of carbonyl (C=O) groups is 2. The van der Waals surface area contributed by atoms with Crippen LogP contribution in [-0.2, 0) is 14.3 Å². The van der Waals surface area contributed by atoms with Crippen molar-refractivity contribution in [2.75, 3.05) is 37.7 Å². The number of nitro groups is 1. The monoisotopic (exact) mass is 307 g/mol. The highest BCUT2D eigenvalue weighted by atomic mass is 16.6. The third kappa shape index (κ3) is 3.51. The molecule has 0 spiro atoms. The summed E-state index contributed by atoms with van der Waals surface area (Å²) < 4.78 is 4.70. The van der Waals surface area contributed by atoms with Gasteiger partial charge in [-0.05, 0) is 19.1 Å². The lowest BCUT2D eigenvalue weighted by Gasteiger charge is -2.35. The van der Waals surface area contributed by atoms with Crippen LogP contribution in [0.4, 0.5) is 11.4 Å². The summed E-state index contributed by atoms with van der Waals surface area (Å²) in [5, 5.41) is 10.6. The Labute approximate surface area is 127 Å². The molecule has 1 aliphatic heterocycles. The highest BCUT2D eigenvalue weighted by Gasteiger charge is 2.27. The van der Waals surface area contributed by atoms with Gasteiger partial charge in [0.1, 0.15) is 0 Å². The zero-order chi connectivity index (χ0) is 16.1. The first-order chi connectivity index (χ1) is 10.5. The van der Waals surface area contributed by atoms with Crippen LogP contribution in [0.2, 0.25) is 0 Å². The molecule has 1 aromatic carbocycles. The number of nitrogens with zero attached hydrogens (tertiary/aromatic N) is 3. The van der Waals surface area contributed by atoms with Crippen LogP contribution in [0.5, 0.6) is 0 Å². The van der Waals surface area contributed by atoms with E-state index in [1.807, 2.05) is 4.90 Å². The Kier molecular flexibility index (Phi) is 4.92. The van der Waals surface area contributed by atoms with Gasteiger partial charge in [-0.2, -0.15) is 0 Å². The number of hydrogen-bond acceptors (Lipinski definition) is 6. The molecule has 8 nitrogen and oxygen atoms in total. The van der Waals surface area contributed by atoms with E-state index in [1.54, 1.807) is 19.1 Å². The lowest BCUT2D eigenvalue weighted by molar-refractivity contribution is -0.384. The first-order valence-corrected chi connectivity index (χ1v) is 6.98. The number of ether oxygens (including phenoxy) is 1. The number of hydrogen-bond donors (Lipinski definition) is 0. The second-order valence-electron chi connectivity index (χ2n) is 4.77. The van der Waals surface area contributed by atoms with Crippen LogP contribution >= 0.6 is 0 Å². The molecule has 2 rings (SSSR count). The summed E-state index contributed by atoms with van der Waals surface area (Å²) in [4.78, 5) is 36.9. The van der Waals surface area contributed by atoms with E-state index in [0.717, 1.165) is 5.69 Å². The minimum absolute atomic E-state index is 0.0416. The van der Waals surface area contributed by atoms with Crippen molar-refractivity contribution in [1.29, 1.82) is 0 Å². The molecule has 0 aliphatic carbocycles.